The second-order valence-electron chi connectivity index (χ2n) is 22.8. The quantitative estimate of drug-likeness (QED) is 0.0369. The van der Waals surface area contributed by atoms with Crippen LogP contribution in [0.15, 0.2) is 23.8 Å². The predicted molar refractivity (Wildman–Crippen MR) is 270 cm³/mol. The first-order valence-corrected chi connectivity index (χ1v) is 28.3. The predicted octanol–water partition coefficient (Wildman–Crippen LogP) is 15.5. The van der Waals surface area contributed by atoms with Crippen molar-refractivity contribution in [3.05, 3.63) is 23.8 Å². The molecule has 9 atom stereocenters. The lowest BCUT2D eigenvalue weighted by Crippen LogP contribution is -2.51. The molecule has 1 aliphatic heterocycles. The van der Waals surface area contributed by atoms with Crippen LogP contribution in [0.2, 0.25) is 0 Å². The highest BCUT2D eigenvalue weighted by atomic mass is 16.7. The zero-order valence-electron chi connectivity index (χ0n) is 43.4. The van der Waals surface area contributed by atoms with Gasteiger partial charge in [-0.3, -0.25) is 0 Å². The number of rotatable bonds is 33. The van der Waals surface area contributed by atoms with Gasteiger partial charge in [0.05, 0.1) is 32.0 Å². The molecule has 65 heavy (non-hydrogen) atoms. The van der Waals surface area contributed by atoms with Gasteiger partial charge >= 0.3 is 6.16 Å². The fraction of sp³-hybridized carbons (Fsp3) is 0.914. The highest BCUT2D eigenvalue weighted by Gasteiger charge is 2.59. The summed E-state index contributed by atoms with van der Waals surface area (Å²) >= 11 is 0. The molecule has 0 aromatic rings. The molecule has 0 spiro atoms. The number of nitrogens with zero attached hydrogens (tertiary/aromatic N) is 1. The summed E-state index contributed by atoms with van der Waals surface area (Å²) in [6.45, 7) is 20.6. The normalized spacial score (nSPS) is 29.0. The Bertz CT molecular complexity index is 1340. The van der Waals surface area contributed by atoms with Gasteiger partial charge in [0.2, 0.25) is 0 Å². The first-order chi connectivity index (χ1) is 31.6. The summed E-state index contributed by atoms with van der Waals surface area (Å²) in [5, 5.41) is 0. The molecular formula is C58H103NO6. The van der Waals surface area contributed by atoms with E-state index in [0.29, 0.717) is 30.7 Å². The summed E-state index contributed by atoms with van der Waals surface area (Å²) in [5.74, 6) is 5.15. The average molecular weight is 910 g/mol. The fourth-order valence-electron chi connectivity index (χ4n) is 13.8. The van der Waals surface area contributed by atoms with Crippen LogP contribution in [0.3, 0.4) is 0 Å². The minimum absolute atomic E-state index is 0.0239. The Hall–Kier alpha value is -1.41. The molecule has 5 rings (SSSR count). The number of unbranched alkanes of at least 4 members (excludes halogenated alkanes) is 12. The Labute approximate surface area is 401 Å². The van der Waals surface area contributed by atoms with E-state index in [1.165, 1.54) is 161 Å². The molecule has 376 valence electrons. The molecule has 0 radical (unpaired) electrons. The van der Waals surface area contributed by atoms with Gasteiger partial charge < -0.3 is 28.6 Å². The Morgan fingerprint density at radius 1 is 0.738 bits per heavy atom. The molecule has 5 aliphatic rings. The van der Waals surface area contributed by atoms with Gasteiger partial charge in [-0.15, -0.1) is 0 Å². The van der Waals surface area contributed by atoms with Crippen molar-refractivity contribution in [3.63, 3.8) is 0 Å². The number of carbonyl (C=O) groups is 1. The number of piperidine rings is 1. The fourth-order valence-corrected chi connectivity index (χ4v) is 13.8. The monoisotopic (exact) mass is 910 g/mol. The smallest absolute Gasteiger partial charge is 0.432 e. The van der Waals surface area contributed by atoms with E-state index in [1.807, 2.05) is 0 Å². The summed E-state index contributed by atoms with van der Waals surface area (Å²) < 4.78 is 29.6. The van der Waals surface area contributed by atoms with E-state index in [9.17, 15) is 4.79 Å². The van der Waals surface area contributed by atoms with Crippen molar-refractivity contribution in [2.45, 2.75) is 234 Å². The summed E-state index contributed by atoms with van der Waals surface area (Å²) in [6.07, 6.45) is 43.7. The van der Waals surface area contributed by atoms with Gasteiger partial charge in [0.1, 0.15) is 13.2 Å². The van der Waals surface area contributed by atoms with Crippen LogP contribution in [0.1, 0.15) is 221 Å². The number of allylic oxidation sites excluding steroid dienone is 3. The summed E-state index contributed by atoms with van der Waals surface area (Å²) in [5.41, 5.74) is 2.50. The van der Waals surface area contributed by atoms with Crippen molar-refractivity contribution >= 4 is 6.16 Å². The number of hydrogen-bond donors (Lipinski definition) is 0. The number of fused-ring (bicyclic) bond motifs is 5. The molecule has 7 heteroatoms. The molecule has 0 N–H and O–H groups in total. The van der Waals surface area contributed by atoms with Crippen molar-refractivity contribution in [1.82, 2.24) is 4.90 Å². The lowest BCUT2D eigenvalue weighted by Gasteiger charge is -2.58. The highest BCUT2D eigenvalue weighted by molar-refractivity contribution is 5.59. The van der Waals surface area contributed by atoms with Crippen molar-refractivity contribution in [3.8, 4) is 0 Å². The van der Waals surface area contributed by atoms with Gasteiger partial charge in [-0.2, -0.15) is 0 Å². The highest BCUT2D eigenvalue weighted by Crippen LogP contribution is 2.67. The van der Waals surface area contributed by atoms with E-state index in [1.54, 1.807) is 5.57 Å². The van der Waals surface area contributed by atoms with E-state index in [0.717, 1.165) is 81.0 Å². The van der Waals surface area contributed by atoms with Crippen molar-refractivity contribution in [1.29, 1.82) is 0 Å². The van der Waals surface area contributed by atoms with Crippen LogP contribution >= 0.6 is 0 Å². The molecule has 1 heterocycles. The third kappa shape index (κ3) is 18.1. The maximum absolute atomic E-state index is 12.5. The van der Waals surface area contributed by atoms with Crippen LogP contribution in [-0.2, 0) is 23.7 Å². The standard InChI is InChI=1S/C58H103NO6/c1-7-8-9-10-11-12-13-14-15-16-17-18-19-20-21-25-39-61-46-51(45-59-37-23-22-24-38-59)63-41-43-65-56(60)64-42-40-62-50-33-35-57(5)49(44-50)29-30-52-54-32-31-53(48(4)28-26-27-47(2)3)58(54,6)36-34-55(52)57/h14-15,29,47-48,50-55H,7-13,16-28,30-46H2,1-6H3. The van der Waals surface area contributed by atoms with Gasteiger partial charge in [-0.25, -0.2) is 4.79 Å². The van der Waals surface area contributed by atoms with Crippen LogP contribution in [0.4, 0.5) is 4.79 Å². The molecule has 0 amide bonds. The van der Waals surface area contributed by atoms with Gasteiger partial charge in [0, 0.05) is 13.2 Å². The third-order valence-electron chi connectivity index (χ3n) is 17.6. The summed E-state index contributed by atoms with van der Waals surface area (Å²) in [4.78, 5) is 15.0. The SMILES string of the molecule is CCCCCCCCC=CCCCCCCCCOCC(CN1CCCCC1)OCCOC(=O)OCCOC1CCC2(C)C(=CCC3C2CCC2(C)C(C(C)CCCC(C)C)CCC32)C1. The van der Waals surface area contributed by atoms with Crippen LogP contribution in [-0.4, -0.2) is 82.5 Å². The van der Waals surface area contributed by atoms with Gasteiger partial charge in [0.15, 0.2) is 0 Å². The molecule has 1 saturated heterocycles. The van der Waals surface area contributed by atoms with E-state index in [2.05, 4.69) is 64.7 Å². The van der Waals surface area contributed by atoms with Crippen LogP contribution < -0.4 is 0 Å². The van der Waals surface area contributed by atoms with E-state index < -0.39 is 6.16 Å². The van der Waals surface area contributed by atoms with Crippen LogP contribution in [0.5, 0.6) is 0 Å². The Morgan fingerprint density at radius 3 is 2.15 bits per heavy atom. The average Bonchev–Trinajstić information content (AvgIpc) is 3.66. The molecule has 0 bridgehead atoms. The number of ether oxygens (including phenoxy) is 5. The van der Waals surface area contributed by atoms with E-state index in [4.69, 9.17) is 23.7 Å². The first-order valence-electron chi connectivity index (χ1n) is 28.3. The molecule has 0 aromatic carbocycles. The molecule has 0 aromatic heterocycles. The second-order valence-corrected chi connectivity index (χ2v) is 22.8. The van der Waals surface area contributed by atoms with Crippen LogP contribution in [0, 0.1) is 46.3 Å². The topological polar surface area (TPSA) is 66.5 Å². The minimum Gasteiger partial charge on any atom is -0.432 e. The zero-order chi connectivity index (χ0) is 46.2. The molecular weight excluding hydrogens is 807 g/mol. The van der Waals surface area contributed by atoms with Crippen molar-refractivity contribution in [2.75, 3.05) is 59.3 Å². The minimum atomic E-state index is -0.637. The maximum atomic E-state index is 12.5. The molecule has 9 unspecified atom stereocenters. The van der Waals surface area contributed by atoms with Crippen LogP contribution in [0.25, 0.3) is 0 Å². The van der Waals surface area contributed by atoms with E-state index >= 15 is 0 Å². The van der Waals surface area contributed by atoms with Gasteiger partial charge in [-0.1, -0.05) is 149 Å². The number of hydrogen-bond acceptors (Lipinski definition) is 7. The number of likely N-dealkylation sites (tertiary alicyclic amines) is 1. The van der Waals surface area contributed by atoms with Crippen molar-refractivity contribution < 1.29 is 28.5 Å². The Balaban J connectivity index is 0.900. The lowest BCUT2D eigenvalue weighted by molar-refractivity contribution is -0.0683. The third-order valence-corrected chi connectivity index (χ3v) is 17.6. The summed E-state index contributed by atoms with van der Waals surface area (Å²) in [7, 11) is 0. The molecule has 7 nitrogen and oxygen atoms in total. The van der Waals surface area contributed by atoms with Gasteiger partial charge in [0.25, 0.3) is 0 Å². The Kier molecular flexibility index (Phi) is 25.4. The Morgan fingerprint density at radius 2 is 1.43 bits per heavy atom. The molecule has 4 fully saturated rings. The number of carbonyl (C=O) groups excluding carboxylic acids is 1. The van der Waals surface area contributed by atoms with E-state index in [-0.39, 0.29) is 25.4 Å². The summed E-state index contributed by atoms with van der Waals surface area (Å²) in [6, 6.07) is 0. The van der Waals surface area contributed by atoms with Crippen molar-refractivity contribution in [2.24, 2.45) is 46.3 Å². The zero-order valence-corrected chi connectivity index (χ0v) is 43.4. The largest absolute Gasteiger partial charge is 0.508 e. The molecule has 3 saturated carbocycles. The molecule has 4 aliphatic carbocycles. The first kappa shape index (κ1) is 54.5. The van der Waals surface area contributed by atoms with Gasteiger partial charge in [-0.05, 0) is 156 Å². The maximum Gasteiger partial charge on any atom is 0.508 e. The lowest BCUT2D eigenvalue weighted by atomic mass is 9.47. The second kappa shape index (κ2) is 30.3.